The molecule has 1 aromatic carbocycles. The second-order valence-electron chi connectivity index (χ2n) is 6.14. The highest BCUT2D eigenvalue weighted by Crippen LogP contribution is 2.43. The Morgan fingerprint density at radius 2 is 2.07 bits per heavy atom. The lowest BCUT2D eigenvalue weighted by Gasteiger charge is -2.14. The second kappa shape index (κ2) is 6.88. The first-order chi connectivity index (χ1) is 13.0. The number of nitrogens with one attached hydrogen (secondary N) is 1. The first-order valence-corrected chi connectivity index (χ1v) is 9.34. The van der Waals surface area contributed by atoms with Gasteiger partial charge in [-0.2, -0.15) is 5.10 Å². The molecule has 0 bridgehead atoms. The molecule has 0 saturated carbocycles. The molecule has 1 aliphatic heterocycles. The van der Waals surface area contributed by atoms with Gasteiger partial charge < -0.3 is 10.4 Å². The zero-order valence-corrected chi connectivity index (χ0v) is 15.2. The van der Waals surface area contributed by atoms with E-state index in [2.05, 4.69) is 15.4 Å². The van der Waals surface area contributed by atoms with Crippen LogP contribution in [0.3, 0.4) is 0 Å². The fraction of sp³-hybridized carbons (Fsp3) is 0.158. The molecule has 3 aromatic rings. The predicted molar refractivity (Wildman–Crippen MR) is 102 cm³/mol. The van der Waals surface area contributed by atoms with Crippen molar-refractivity contribution in [3.05, 3.63) is 71.2 Å². The van der Waals surface area contributed by atoms with Crippen LogP contribution in [-0.4, -0.2) is 37.5 Å². The van der Waals surface area contributed by atoms with Crippen molar-refractivity contribution in [3.8, 4) is 5.69 Å². The van der Waals surface area contributed by atoms with E-state index < -0.39 is 5.97 Å². The molecule has 27 heavy (non-hydrogen) atoms. The van der Waals surface area contributed by atoms with Gasteiger partial charge in [0.15, 0.2) is 0 Å². The third kappa shape index (κ3) is 3.19. The van der Waals surface area contributed by atoms with E-state index in [0.717, 1.165) is 16.8 Å². The molecule has 0 radical (unpaired) electrons. The molecule has 0 fully saturated rings. The Morgan fingerprint density at radius 3 is 2.74 bits per heavy atom. The summed E-state index contributed by atoms with van der Waals surface area (Å²) >= 11 is 1.53. The van der Waals surface area contributed by atoms with E-state index in [0.29, 0.717) is 17.3 Å². The fourth-order valence-corrected chi connectivity index (χ4v) is 4.28. The maximum absolute atomic E-state index is 12.3. The number of nitrogens with zero attached hydrogens (tertiary/aromatic N) is 3. The summed E-state index contributed by atoms with van der Waals surface area (Å²) in [5.74, 6) is -0.153. The molecule has 2 aromatic heterocycles. The molecule has 3 heterocycles. The number of thioether (sulfide) groups is 1. The molecule has 0 aliphatic carbocycles. The number of pyridine rings is 1. The number of aryl methyl sites for hydroxylation is 1. The largest absolute Gasteiger partial charge is 0.478 e. The Hall–Kier alpha value is -3.13. The van der Waals surface area contributed by atoms with Gasteiger partial charge in [0.05, 0.1) is 27.9 Å². The molecule has 4 rings (SSSR count). The van der Waals surface area contributed by atoms with Gasteiger partial charge in [0.2, 0.25) is 5.91 Å². The number of carboxylic acids is 1. The molecule has 0 unspecified atom stereocenters. The summed E-state index contributed by atoms with van der Waals surface area (Å²) in [6, 6.07) is 10.3. The lowest BCUT2D eigenvalue weighted by atomic mass is 10.1. The number of anilines is 1. The predicted octanol–water partition coefficient (Wildman–Crippen LogP) is 3.05. The minimum atomic E-state index is -0.988. The molecule has 0 spiro atoms. The number of hydrogen-bond donors (Lipinski definition) is 2. The summed E-state index contributed by atoms with van der Waals surface area (Å²) in [5, 5.41) is 16.6. The number of aromatic carboxylic acids is 1. The quantitative estimate of drug-likeness (QED) is 0.725. The van der Waals surface area contributed by atoms with Crippen LogP contribution in [0.4, 0.5) is 5.82 Å². The summed E-state index contributed by atoms with van der Waals surface area (Å²) < 4.78 is 1.66. The van der Waals surface area contributed by atoms with Crippen LogP contribution in [0.25, 0.3) is 5.69 Å². The van der Waals surface area contributed by atoms with Crippen molar-refractivity contribution in [1.29, 1.82) is 0 Å². The summed E-state index contributed by atoms with van der Waals surface area (Å²) in [5.41, 5.74) is 3.61. The van der Waals surface area contributed by atoms with Gasteiger partial charge in [-0.1, -0.05) is 6.07 Å². The van der Waals surface area contributed by atoms with Gasteiger partial charge in [0, 0.05) is 18.0 Å². The standard InChI is InChI=1S/C19H16N4O3S/c1-11-16-17(13-3-2-8-20-9-13)27-10-15(24)21-18(16)23(22-11)14-6-4-12(5-7-14)19(25)26/h2-9,17H,10H2,1H3,(H,21,24)(H,25,26)/t17-/m1/s1. The van der Waals surface area contributed by atoms with E-state index in [-0.39, 0.29) is 16.7 Å². The molecule has 2 N–H and O–H groups in total. The van der Waals surface area contributed by atoms with Crippen LogP contribution in [-0.2, 0) is 4.79 Å². The normalized spacial score (nSPS) is 16.3. The lowest BCUT2D eigenvalue weighted by Crippen LogP contribution is -2.15. The average molecular weight is 380 g/mol. The number of benzene rings is 1. The van der Waals surface area contributed by atoms with Crippen LogP contribution in [0, 0.1) is 6.92 Å². The maximum atomic E-state index is 12.3. The zero-order valence-electron chi connectivity index (χ0n) is 14.4. The molecule has 8 heteroatoms. The third-order valence-electron chi connectivity index (χ3n) is 4.35. The number of amides is 1. The van der Waals surface area contributed by atoms with Crippen molar-refractivity contribution >= 4 is 29.5 Å². The number of rotatable bonds is 3. The van der Waals surface area contributed by atoms with Crippen LogP contribution >= 0.6 is 11.8 Å². The Bertz CT molecular complexity index is 1020. The monoisotopic (exact) mass is 380 g/mol. The van der Waals surface area contributed by atoms with E-state index >= 15 is 0 Å². The van der Waals surface area contributed by atoms with Crippen molar-refractivity contribution in [1.82, 2.24) is 14.8 Å². The Morgan fingerprint density at radius 1 is 1.30 bits per heavy atom. The molecule has 1 atom stereocenters. The maximum Gasteiger partial charge on any atom is 0.335 e. The van der Waals surface area contributed by atoms with E-state index in [9.17, 15) is 9.59 Å². The van der Waals surface area contributed by atoms with E-state index in [1.165, 1.54) is 23.9 Å². The van der Waals surface area contributed by atoms with Gasteiger partial charge in [-0.05, 0) is 42.8 Å². The number of aromatic nitrogens is 3. The van der Waals surface area contributed by atoms with Crippen LogP contribution < -0.4 is 5.32 Å². The molecular formula is C19H16N4O3S. The topological polar surface area (TPSA) is 97.1 Å². The zero-order chi connectivity index (χ0) is 19.0. The molecule has 136 valence electrons. The van der Waals surface area contributed by atoms with Gasteiger partial charge in [-0.25, -0.2) is 9.48 Å². The van der Waals surface area contributed by atoms with Crippen LogP contribution in [0.5, 0.6) is 0 Å². The number of carbonyl (C=O) groups is 2. The fourth-order valence-electron chi connectivity index (χ4n) is 3.11. The van der Waals surface area contributed by atoms with E-state index in [1.54, 1.807) is 29.2 Å². The first kappa shape index (κ1) is 17.3. The van der Waals surface area contributed by atoms with Crippen molar-refractivity contribution in [2.75, 3.05) is 11.1 Å². The smallest absolute Gasteiger partial charge is 0.335 e. The summed E-state index contributed by atoms with van der Waals surface area (Å²) in [6.07, 6.45) is 3.52. The lowest BCUT2D eigenvalue weighted by molar-refractivity contribution is -0.113. The van der Waals surface area contributed by atoms with Crippen LogP contribution in [0.1, 0.15) is 32.4 Å². The Labute approximate surface area is 159 Å². The van der Waals surface area contributed by atoms with E-state index in [4.69, 9.17) is 5.11 Å². The van der Waals surface area contributed by atoms with Crippen molar-refractivity contribution < 1.29 is 14.7 Å². The number of fused-ring (bicyclic) bond motifs is 1. The molecule has 7 nitrogen and oxygen atoms in total. The van der Waals surface area contributed by atoms with Crippen molar-refractivity contribution in [2.24, 2.45) is 0 Å². The summed E-state index contributed by atoms with van der Waals surface area (Å²) in [6.45, 7) is 1.91. The second-order valence-corrected chi connectivity index (χ2v) is 7.23. The number of hydrogen-bond acceptors (Lipinski definition) is 5. The highest BCUT2D eigenvalue weighted by molar-refractivity contribution is 8.00. The number of carboxylic acid groups (broad SMARTS) is 1. The molecule has 1 amide bonds. The first-order valence-electron chi connectivity index (χ1n) is 8.29. The minimum absolute atomic E-state index is 0.0697. The Balaban J connectivity index is 1.85. The molecule has 0 saturated heterocycles. The molecule has 1 aliphatic rings. The van der Waals surface area contributed by atoms with Crippen molar-refractivity contribution in [2.45, 2.75) is 12.2 Å². The average Bonchev–Trinajstić information content (AvgIpc) is 2.88. The minimum Gasteiger partial charge on any atom is -0.478 e. The van der Waals surface area contributed by atoms with Crippen LogP contribution in [0.2, 0.25) is 0 Å². The number of carbonyl (C=O) groups excluding carboxylic acids is 1. The van der Waals surface area contributed by atoms with Gasteiger partial charge in [0.1, 0.15) is 5.82 Å². The third-order valence-corrected chi connectivity index (χ3v) is 5.62. The summed E-state index contributed by atoms with van der Waals surface area (Å²) in [7, 11) is 0. The van der Waals surface area contributed by atoms with E-state index in [1.807, 2.05) is 19.1 Å². The highest BCUT2D eigenvalue weighted by atomic mass is 32.2. The van der Waals surface area contributed by atoms with Gasteiger partial charge in [-0.15, -0.1) is 11.8 Å². The van der Waals surface area contributed by atoms with Crippen LogP contribution in [0.15, 0.2) is 48.8 Å². The highest BCUT2D eigenvalue weighted by Gasteiger charge is 2.30. The van der Waals surface area contributed by atoms with Gasteiger partial charge >= 0.3 is 5.97 Å². The molecular weight excluding hydrogens is 364 g/mol. The SMILES string of the molecule is Cc1nn(-c2ccc(C(=O)O)cc2)c2c1[C@@H](c1cccnc1)SCC(=O)N2. The Kier molecular flexibility index (Phi) is 4.41. The van der Waals surface area contributed by atoms with Gasteiger partial charge in [-0.3, -0.25) is 9.78 Å². The van der Waals surface area contributed by atoms with Crippen molar-refractivity contribution in [3.63, 3.8) is 0 Å². The summed E-state index contributed by atoms with van der Waals surface area (Å²) in [4.78, 5) is 27.6. The van der Waals surface area contributed by atoms with Gasteiger partial charge in [0.25, 0.3) is 0 Å².